The number of anilines is 1. The monoisotopic (exact) mass is 583 g/mol. The Balaban J connectivity index is 1.84. The first-order valence-corrected chi connectivity index (χ1v) is 13.6. The van der Waals surface area contributed by atoms with Gasteiger partial charge in [-0.25, -0.2) is 19.2 Å². The number of fused-ring (bicyclic) bond motifs is 1. The maximum atomic E-state index is 14.5. The quantitative estimate of drug-likeness (QED) is 0.330. The Labute approximate surface area is 243 Å². The predicted octanol–water partition coefficient (Wildman–Crippen LogP) is 3.24. The van der Waals surface area contributed by atoms with E-state index in [1.807, 2.05) is 13.8 Å². The van der Waals surface area contributed by atoms with Crippen molar-refractivity contribution >= 4 is 34.8 Å². The molecule has 0 bridgehead atoms. The summed E-state index contributed by atoms with van der Waals surface area (Å²) in [5, 5.41) is 2.58. The minimum atomic E-state index is -1.22. The normalized spacial score (nSPS) is 12.1. The Morgan fingerprint density at radius 1 is 1.17 bits per heavy atom. The minimum Gasteiger partial charge on any atom is -0.436 e. The number of rotatable bonds is 11. The lowest BCUT2D eigenvalue weighted by Gasteiger charge is -2.20. The van der Waals surface area contributed by atoms with Crippen LogP contribution in [0.4, 0.5) is 14.9 Å². The second-order valence-electron chi connectivity index (χ2n) is 10.8. The number of aryl methyl sites for hydroxylation is 1. The zero-order valence-corrected chi connectivity index (χ0v) is 25.0. The van der Waals surface area contributed by atoms with E-state index in [-0.39, 0.29) is 36.9 Å². The van der Waals surface area contributed by atoms with Crippen molar-refractivity contribution in [3.8, 4) is 0 Å². The minimum absolute atomic E-state index is 0.0180. The van der Waals surface area contributed by atoms with Gasteiger partial charge in [0.25, 0.3) is 11.5 Å². The summed E-state index contributed by atoms with van der Waals surface area (Å²) in [6, 6.07) is 3.14. The van der Waals surface area contributed by atoms with Crippen LogP contribution in [0.5, 0.6) is 0 Å². The molecule has 1 atom stereocenters. The number of pyridine rings is 2. The molecule has 42 heavy (non-hydrogen) atoms. The molecule has 0 aliphatic carbocycles. The first kappa shape index (κ1) is 32.0. The lowest BCUT2D eigenvalue weighted by atomic mass is 10.0. The van der Waals surface area contributed by atoms with Crippen LogP contribution < -0.4 is 10.9 Å². The predicted molar refractivity (Wildman–Crippen MR) is 157 cm³/mol. The number of halogens is 1. The second kappa shape index (κ2) is 13.9. The van der Waals surface area contributed by atoms with Crippen molar-refractivity contribution in [1.82, 2.24) is 29.3 Å². The zero-order chi connectivity index (χ0) is 31.1. The van der Waals surface area contributed by atoms with E-state index >= 15 is 0 Å². The Hall–Kier alpha value is -4.55. The van der Waals surface area contributed by atoms with Crippen LogP contribution in [-0.4, -0.2) is 81.5 Å². The molecule has 3 aromatic rings. The van der Waals surface area contributed by atoms with Crippen molar-refractivity contribution in [1.29, 1.82) is 0 Å². The van der Waals surface area contributed by atoms with Crippen molar-refractivity contribution in [3.05, 3.63) is 63.7 Å². The molecular weight excluding hydrogens is 545 g/mol. The highest BCUT2D eigenvalue weighted by molar-refractivity contribution is 5.95. The molecule has 0 fully saturated rings. The number of aromatic amines is 1. The zero-order valence-electron chi connectivity index (χ0n) is 25.0. The van der Waals surface area contributed by atoms with Crippen LogP contribution in [0.1, 0.15) is 43.8 Å². The smallest absolute Gasteiger partial charge is 0.410 e. The summed E-state index contributed by atoms with van der Waals surface area (Å²) in [5.41, 5.74) is 1.41. The number of nitrogens with one attached hydrogen (secondary N) is 2. The number of hydrogen-bond donors (Lipinski definition) is 2. The molecule has 0 spiro atoms. The van der Waals surface area contributed by atoms with Crippen LogP contribution in [-0.2, 0) is 27.3 Å². The Bertz CT molecular complexity index is 1540. The standard InChI is InChI=1S/C29H38FN7O5/c1-17(2)14-19-20(30)15-31-26-25(19)33-23(34-26)16-37-18(3)12-13-21(28(37)40)32-27(39)22(42-29(41)36(6)7)10-8-9-11-24(38)35(4)5/h9,11-13,15,17,22H,8,10,14,16H2,1-7H3,(H,32,39)(H,31,33,34). The lowest BCUT2D eigenvalue weighted by molar-refractivity contribution is -0.125. The molecule has 226 valence electrons. The molecule has 3 heterocycles. The average Bonchev–Trinajstić information content (AvgIpc) is 3.34. The highest BCUT2D eigenvalue weighted by Gasteiger charge is 2.25. The van der Waals surface area contributed by atoms with E-state index < -0.39 is 29.5 Å². The summed E-state index contributed by atoms with van der Waals surface area (Å²) in [5.74, 6) is -0.721. The van der Waals surface area contributed by atoms with E-state index in [0.29, 0.717) is 34.7 Å². The molecule has 0 aliphatic heterocycles. The number of carbonyl (C=O) groups is 3. The van der Waals surface area contributed by atoms with Gasteiger partial charge in [0.2, 0.25) is 5.91 Å². The summed E-state index contributed by atoms with van der Waals surface area (Å²) < 4.78 is 21.3. The highest BCUT2D eigenvalue weighted by Crippen LogP contribution is 2.21. The molecule has 0 aromatic carbocycles. The number of allylic oxidation sites excluding steroid dienone is 1. The molecule has 2 N–H and O–H groups in total. The number of amides is 3. The number of H-pyrrole nitrogens is 1. The third-order valence-corrected chi connectivity index (χ3v) is 6.39. The van der Waals surface area contributed by atoms with Gasteiger partial charge < -0.3 is 29.4 Å². The first-order valence-electron chi connectivity index (χ1n) is 13.6. The van der Waals surface area contributed by atoms with Gasteiger partial charge in [-0.2, -0.15) is 0 Å². The molecule has 1 unspecified atom stereocenters. The Kier molecular flexibility index (Phi) is 10.6. The fourth-order valence-electron chi connectivity index (χ4n) is 4.09. The van der Waals surface area contributed by atoms with Gasteiger partial charge in [0.15, 0.2) is 11.8 Å². The van der Waals surface area contributed by atoms with Gasteiger partial charge in [0, 0.05) is 39.4 Å². The fourth-order valence-corrected chi connectivity index (χ4v) is 4.09. The first-order chi connectivity index (χ1) is 19.8. The molecule has 0 aliphatic rings. The van der Waals surface area contributed by atoms with E-state index in [0.717, 1.165) is 6.20 Å². The number of imidazole rings is 1. The van der Waals surface area contributed by atoms with Gasteiger partial charge in [-0.05, 0) is 50.3 Å². The number of hydrogen-bond acceptors (Lipinski definition) is 7. The number of carbonyl (C=O) groups excluding carboxylic acids is 3. The van der Waals surface area contributed by atoms with E-state index in [1.165, 1.54) is 40.6 Å². The van der Waals surface area contributed by atoms with Crippen LogP contribution in [0.25, 0.3) is 11.2 Å². The van der Waals surface area contributed by atoms with Crippen molar-refractivity contribution in [2.24, 2.45) is 5.92 Å². The van der Waals surface area contributed by atoms with Gasteiger partial charge in [-0.15, -0.1) is 0 Å². The summed E-state index contributed by atoms with van der Waals surface area (Å²) >= 11 is 0. The lowest BCUT2D eigenvalue weighted by Crippen LogP contribution is -2.38. The number of ether oxygens (including phenoxy) is 1. The molecule has 0 saturated heterocycles. The van der Waals surface area contributed by atoms with E-state index in [2.05, 4.69) is 20.3 Å². The molecule has 3 rings (SSSR count). The maximum Gasteiger partial charge on any atom is 0.410 e. The number of likely N-dealkylation sites (N-methyl/N-ethyl adjacent to an activating group) is 1. The second-order valence-corrected chi connectivity index (χ2v) is 10.8. The van der Waals surface area contributed by atoms with Crippen LogP contribution in [0.3, 0.4) is 0 Å². The molecule has 3 aromatic heterocycles. The Morgan fingerprint density at radius 3 is 2.52 bits per heavy atom. The Morgan fingerprint density at radius 2 is 1.88 bits per heavy atom. The van der Waals surface area contributed by atoms with Gasteiger partial charge in [-0.3, -0.25) is 14.4 Å². The van der Waals surface area contributed by atoms with Crippen LogP contribution in [0, 0.1) is 18.7 Å². The molecule has 13 heteroatoms. The average molecular weight is 584 g/mol. The molecule has 0 radical (unpaired) electrons. The largest absolute Gasteiger partial charge is 0.436 e. The molecule has 0 saturated carbocycles. The van der Waals surface area contributed by atoms with Crippen molar-refractivity contribution in [2.75, 3.05) is 33.5 Å². The van der Waals surface area contributed by atoms with Gasteiger partial charge in [0.05, 0.1) is 18.3 Å². The fraction of sp³-hybridized carbons (Fsp3) is 0.448. The number of aromatic nitrogens is 4. The third kappa shape index (κ3) is 8.02. The third-order valence-electron chi connectivity index (χ3n) is 6.39. The number of nitrogens with zero attached hydrogens (tertiary/aromatic N) is 5. The summed E-state index contributed by atoms with van der Waals surface area (Å²) in [6.07, 6.45) is 3.02. The van der Waals surface area contributed by atoms with Crippen LogP contribution in [0.15, 0.2) is 35.3 Å². The topological polar surface area (TPSA) is 143 Å². The van der Waals surface area contributed by atoms with Gasteiger partial charge in [-0.1, -0.05) is 19.9 Å². The summed E-state index contributed by atoms with van der Waals surface area (Å²) in [7, 11) is 6.20. The van der Waals surface area contributed by atoms with Crippen LogP contribution in [0.2, 0.25) is 0 Å². The van der Waals surface area contributed by atoms with Gasteiger partial charge >= 0.3 is 6.09 Å². The molecular formula is C29H38FN7O5. The van der Waals surface area contributed by atoms with Crippen molar-refractivity contribution in [2.45, 2.75) is 52.7 Å². The van der Waals surface area contributed by atoms with Crippen LogP contribution >= 0.6 is 0 Å². The van der Waals surface area contributed by atoms with E-state index in [9.17, 15) is 23.6 Å². The summed E-state index contributed by atoms with van der Waals surface area (Å²) in [4.78, 5) is 64.9. The SMILES string of the molecule is Cc1ccc(NC(=O)C(CCC=CC(=O)N(C)C)OC(=O)N(C)C)c(=O)n1Cc1nc2ncc(F)c(CC(C)C)c2[nH]1. The maximum absolute atomic E-state index is 14.5. The van der Waals surface area contributed by atoms with Crippen molar-refractivity contribution in [3.63, 3.8) is 0 Å². The highest BCUT2D eigenvalue weighted by atomic mass is 19.1. The van der Waals surface area contributed by atoms with Gasteiger partial charge in [0.1, 0.15) is 17.3 Å². The van der Waals surface area contributed by atoms with E-state index in [4.69, 9.17) is 4.74 Å². The van der Waals surface area contributed by atoms with Crippen molar-refractivity contribution < 1.29 is 23.5 Å². The molecule has 3 amide bonds. The molecule has 12 nitrogen and oxygen atoms in total. The van der Waals surface area contributed by atoms with E-state index in [1.54, 1.807) is 33.2 Å². The summed E-state index contributed by atoms with van der Waals surface area (Å²) in [6.45, 7) is 5.74.